The molecule has 3 rings (SSSR count). The first-order chi connectivity index (χ1) is 12.1. The molecule has 128 valence electrons. The van der Waals surface area contributed by atoms with Crippen LogP contribution in [0.3, 0.4) is 0 Å². The summed E-state index contributed by atoms with van der Waals surface area (Å²) in [5, 5.41) is 11.8. The Labute approximate surface area is 154 Å². The summed E-state index contributed by atoms with van der Waals surface area (Å²) < 4.78 is 5.53. The molecule has 2 aromatic heterocycles. The van der Waals surface area contributed by atoms with E-state index in [0.717, 1.165) is 11.1 Å². The van der Waals surface area contributed by atoms with Crippen molar-refractivity contribution in [2.24, 2.45) is 0 Å². The van der Waals surface area contributed by atoms with Gasteiger partial charge in [-0.15, -0.1) is 10.2 Å². The minimum Gasteiger partial charge on any atom is -0.411 e. The van der Waals surface area contributed by atoms with Gasteiger partial charge in [-0.2, -0.15) is 0 Å². The highest BCUT2D eigenvalue weighted by atomic mass is 35.5. The smallest absolute Gasteiger partial charge is 0.277 e. The fourth-order valence-corrected chi connectivity index (χ4v) is 2.92. The molecule has 0 radical (unpaired) electrons. The topological polar surface area (TPSA) is 80.9 Å². The first-order valence-corrected chi connectivity index (χ1v) is 8.89. The molecule has 0 spiro atoms. The number of hydrogen-bond acceptors (Lipinski definition) is 6. The summed E-state index contributed by atoms with van der Waals surface area (Å²) in [6.45, 7) is 1.90. The van der Waals surface area contributed by atoms with Gasteiger partial charge in [0.15, 0.2) is 0 Å². The van der Waals surface area contributed by atoms with Gasteiger partial charge >= 0.3 is 0 Å². The van der Waals surface area contributed by atoms with Crippen LogP contribution in [0, 0.1) is 0 Å². The van der Waals surface area contributed by atoms with Crippen molar-refractivity contribution >= 4 is 29.3 Å². The van der Waals surface area contributed by atoms with Gasteiger partial charge in [0.05, 0.1) is 17.4 Å². The Morgan fingerprint density at radius 2 is 2.20 bits per heavy atom. The van der Waals surface area contributed by atoms with E-state index in [1.54, 1.807) is 24.5 Å². The third-order valence-corrected chi connectivity index (χ3v) is 4.42. The molecule has 2 heterocycles. The van der Waals surface area contributed by atoms with Crippen molar-refractivity contribution in [1.29, 1.82) is 0 Å². The summed E-state index contributed by atoms with van der Waals surface area (Å²) in [5.74, 6) is 0.432. The van der Waals surface area contributed by atoms with Crippen LogP contribution in [0.4, 0.5) is 0 Å². The molecule has 0 fully saturated rings. The van der Waals surface area contributed by atoms with Crippen LogP contribution in [0.5, 0.6) is 0 Å². The van der Waals surface area contributed by atoms with Crippen LogP contribution in [0.2, 0.25) is 5.02 Å². The number of carbonyl (C=O) groups excluding carboxylic acids is 1. The Balaban J connectivity index is 1.53. The second-order valence-electron chi connectivity index (χ2n) is 5.25. The molecule has 0 aliphatic rings. The number of carbonyl (C=O) groups is 1. The first-order valence-electron chi connectivity index (χ1n) is 7.53. The third-order valence-electron chi connectivity index (χ3n) is 3.37. The van der Waals surface area contributed by atoms with Crippen molar-refractivity contribution < 1.29 is 9.21 Å². The van der Waals surface area contributed by atoms with Crippen LogP contribution in [0.25, 0.3) is 11.5 Å². The van der Waals surface area contributed by atoms with E-state index in [-0.39, 0.29) is 17.7 Å². The zero-order valence-electron chi connectivity index (χ0n) is 13.3. The Morgan fingerprint density at radius 1 is 1.32 bits per heavy atom. The van der Waals surface area contributed by atoms with Crippen molar-refractivity contribution in [1.82, 2.24) is 20.5 Å². The number of pyridine rings is 1. The maximum Gasteiger partial charge on any atom is 0.277 e. The Bertz CT molecular complexity index is 857. The number of thioether (sulfide) groups is 1. The summed E-state index contributed by atoms with van der Waals surface area (Å²) >= 11 is 7.16. The molecule has 6 nitrogen and oxygen atoms in total. The lowest BCUT2D eigenvalue weighted by molar-refractivity contribution is -0.119. The van der Waals surface area contributed by atoms with Crippen LogP contribution < -0.4 is 5.32 Å². The van der Waals surface area contributed by atoms with Gasteiger partial charge in [-0.1, -0.05) is 35.5 Å². The minimum atomic E-state index is -0.138. The molecule has 0 aliphatic carbocycles. The van der Waals surface area contributed by atoms with E-state index < -0.39 is 0 Å². The van der Waals surface area contributed by atoms with E-state index in [1.807, 2.05) is 31.2 Å². The average molecular weight is 375 g/mol. The van der Waals surface area contributed by atoms with Crippen molar-refractivity contribution in [2.75, 3.05) is 5.75 Å². The number of amides is 1. The summed E-state index contributed by atoms with van der Waals surface area (Å²) in [4.78, 5) is 16.1. The van der Waals surface area contributed by atoms with Gasteiger partial charge in [0.25, 0.3) is 5.22 Å². The number of halogens is 1. The molecule has 1 N–H and O–H groups in total. The Hall–Kier alpha value is -2.38. The lowest BCUT2D eigenvalue weighted by atomic mass is 10.1. The van der Waals surface area contributed by atoms with E-state index in [0.29, 0.717) is 16.1 Å². The fourth-order valence-electron chi connectivity index (χ4n) is 2.14. The van der Waals surface area contributed by atoms with Crippen LogP contribution in [0.15, 0.2) is 58.4 Å². The second-order valence-corrected chi connectivity index (χ2v) is 6.61. The van der Waals surface area contributed by atoms with Gasteiger partial charge < -0.3 is 9.73 Å². The summed E-state index contributed by atoms with van der Waals surface area (Å²) in [5.41, 5.74) is 1.68. The largest absolute Gasteiger partial charge is 0.411 e. The van der Waals surface area contributed by atoms with Gasteiger partial charge in [-0.05, 0) is 36.8 Å². The van der Waals surface area contributed by atoms with Crippen molar-refractivity contribution in [2.45, 2.75) is 18.2 Å². The molecule has 1 aromatic carbocycles. The highest BCUT2D eigenvalue weighted by molar-refractivity contribution is 7.99. The maximum absolute atomic E-state index is 12.1. The lowest BCUT2D eigenvalue weighted by Crippen LogP contribution is -2.28. The zero-order chi connectivity index (χ0) is 17.6. The maximum atomic E-state index is 12.1. The molecule has 1 amide bonds. The van der Waals surface area contributed by atoms with E-state index in [4.69, 9.17) is 16.0 Å². The third kappa shape index (κ3) is 4.80. The standard InChI is InChI=1S/C17H15ClN4O2S/c1-11(12-4-2-6-14(18)8-12)20-15(23)10-25-17-22-21-16(24-17)13-5-3-7-19-9-13/h2-9,11H,10H2,1H3,(H,20,23)/t11-/m0/s1. The van der Waals surface area contributed by atoms with E-state index in [2.05, 4.69) is 20.5 Å². The molecule has 0 saturated carbocycles. The SMILES string of the molecule is C[C@H](NC(=O)CSc1nnc(-c2cccnc2)o1)c1cccc(Cl)c1. The second kappa shape index (κ2) is 8.13. The predicted molar refractivity (Wildman–Crippen MR) is 96.3 cm³/mol. The lowest BCUT2D eigenvalue weighted by Gasteiger charge is -2.14. The molecule has 3 aromatic rings. The Morgan fingerprint density at radius 3 is 2.96 bits per heavy atom. The molecule has 0 aliphatic heterocycles. The van der Waals surface area contributed by atoms with Crippen molar-refractivity contribution in [3.8, 4) is 11.5 Å². The highest BCUT2D eigenvalue weighted by Gasteiger charge is 2.13. The van der Waals surface area contributed by atoms with Gasteiger partial charge in [0.1, 0.15) is 0 Å². The van der Waals surface area contributed by atoms with Crippen LogP contribution in [-0.2, 0) is 4.79 Å². The van der Waals surface area contributed by atoms with Crippen LogP contribution >= 0.6 is 23.4 Å². The summed E-state index contributed by atoms with van der Waals surface area (Å²) in [6, 6.07) is 10.9. The molecule has 1 atom stereocenters. The van der Waals surface area contributed by atoms with Crippen LogP contribution in [-0.4, -0.2) is 26.8 Å². The van der Waals surface area contributed by atoms with Crippen molar-refractivity contribution in [3.05, 3.63) is 59.4 Å². The summed E-state index contributed by atoms with van der Waals surface area (Å²) in [6.07, 6.45) is 3.31. The molecule has 0 bridgehead atoms. The number of nitrogens with zero attached hydrogens (tertiary/aromatic N) is 3. The minimum absolute atomic E-state index is 0.126. The molecule has 25 heavy (non-hydrogen) atoms. The van der Waals surface area contributed by atoms with Gasteiger partial charge in [-0.3, -0.25) is 9.78 Å². The van der Waals surface area contributed by atoms with E-state index in [9.17, 15) is 4.79 Å². The normalized spacial score (nSPS) is 11.9. The molecular weight excluding hydrogens is 360 g/mol. The number of benzene rings is 1. The molecular formula is C17H15ClN4O2S. The average Bonchev–Trinajstić information content (AvgIpc) is 3.10. The van der Waals surface area contributed by atoms with E-state index >= 15 is 0 Å². The van der Waals surface area contributed by atoms with Crippen LogP contribution in [0.1, 0.15) is 18.5 Å². The highest BCUT2D eigenvalue weighted by Crippen LogP contribution is 2.23. The quantitative estimate of drug-likeness (QED) is 0.662. The fraction of sp³-hybridized carbons (Fsp3) is 0.176. The number of rotatable bonds is 6. The number of hydrogen-bond donors (Lipinski definition) is 1. The van der Waals surface area contributed by atoms with Gasteiger partial charge in [-0.25, -0.2) is 0 Å². The monoisotopic (exact) mass is 374 g/mol. The van der Waals surface area contributed by atoms with Gasteiger partial charge in [0.2, 0.25) is 11.8 Å². The van der Waals surface area contributed by atoms with E-state index in [1.165, 1.54) is 11.8 Å². The number of aromatic nitrogens is 3. The zero-order valence-corrected chi connectivity index (χ0v) is 14.9. The molecule has 0 unspecified atom stereocenters. The molecule has 0 saturated heterocycles. The van der Waals surface area contributed by atoms with Gasteiger partial charge in [0, 0.05) is 17.4 Å². The summed E-state index contributed by atoms with van der Waals surface area (Å²) in [7, 11) is 0. The van der Waals surface area contributed by atoms with Crippen molar-refractivity contribution in [3.63, 3.8) is 0 Å². The molecule has 8 heteroatoms. The predicted octanol–water partition coefficient (Wildman–Crippen LogP) is 3.75. The Kier molecular flexibility index (Phi) is 5.67. The first kappa shape index (κ1) is 17.4. The number of nitrogens with one attached hydrogen (secondary N) is 1.